The van der Waals surface area contributed by atoms with Crippen molar-refractivity contribution in [2.45, 2.75) is 17.7 Å². The Hall–Kier alpha value is -2.54. The van der Waals surface area contributed by atoms with Gasteiger partial charge < -0.3 is 10.0 Å². The number of aromatic hydroxyl groups is 1. The number of halogens is 1. The highest BCUT2D eigenvalue weighted by atomic mass is 35.5. The summed E-state index contributed by atoms with van der Waals surface area (Å²) in [5, 5.41) is 11.0. The molecule has 1 aliphatic rings. The molecule has 0 aliphatic carbocycles. The lowest BCUT2D eigenvalue weighted by molar-refractivity contribution is 0.352. The molecule has 0 bridgehead atoms. The second-order valence-corrected chi connectivity index (χ2v) is 9.70. The van der Waals surface area contributed by atoms with Crippen molar-refractivity contribution in [2.24, 2.45) is 0 Å². The van der Waals surface area contributed by atoms with Crippen molar-refractivity contribution in [3.63, 3.8) is 0 Å². The second-order valence-electron chi connectivity index (χ2n) is 7.58. The number of fused-ring (bicyclic) bond motifs is 1. The van der Waals surface area contributed by atoms with Crippen LogP contribution in [0.1, 0.15) is 11.1 Å². The summed E-state index contributed by atoms with van der Waals surface area (Å²) in [7, 11) is -1.77. The monoisotopic (exact) mass is 442 g/mol. The van der Waals surface area contributed by atoms with Gasteiger partial charge in [0, 0.05) is 18.1 Å². The Morgan fingerprint density at radius 3 is 2.03 bits per heavy atom. The first kappa shape index (κ1) is 20.7. The number of hydrogen-bond acceptors (Lipinski definition) is 4. The van der Waals surface area contributed by atoms with Gasteiger partial charge in [-0.1, -0.05) is 35.9 Å². The molecule has 1 heterocycles. The summed E-state index contributed by atoms with van der Waals surface area (Å²) in [5.74, 6) is -0.0559. The zero-order chi connectivity index (χ0) is 21.3. The number of phenols is 1. The van der Waals surface area contributed by atoms with Gasteiger partial charge in [0.2, 0.25) is 0 Å². The molecule has 3 aromatic rings. The smallest absolute Gasteiger partial charge is 0.262 e. The van der Waals surface area contributed by atoms with Crippen molar-refractivity contribution in [1.29, 1.82) is 0 Å². The van der Waals surface area contributed by atoms with Gasteiger partial charge in [0.05, 0.1) is 10.6 Å². The van der Waals surface area contributed by atoms with Gasteiger partial charge in [0.15, 0.2) is 0 Å². The Morgan fingerprint density at radius 2 is 1.43 bits per heavy atom. The van der Waals surface area contributed by atoms with Crippen molar-refractivity contribution in [1.82, 2.24) is 4.90 Å². The van der Waals surface area contributed by atoms with Crippen LogP contribution in [0.4, 0.5) is 5.69 Å². The second kappa shape index (κ2) is 8.30. The van der Waals surface area contributed by atoms with Crippen LogP contribution in [0.25, 0.3) is 11.1 Å². The lowest BCUT2D eigenvalue weighted by Crippen LogP contribution is -2.20. The molecule has 0 saturated carbocycles. The van der Waals surface area contributed by atoms with Crippen LogP contribution in [0.3, 0.4) is 0 Å². The molecule has 7 heteroatoms. The molecule has 2 N–H and O–H groups in total. The highest BCUT2D eigenvalue weighted by Gasteiger charge is 2.19. The number of phenolic OH excluding ortho intramolecular Hbond substituents is 1. The molecule has 0 radical (unpaired) electrons. The Morgan fingerprint density at radius 1 is 0.900 bits per heavy atom. The van der Waals surface area contributed by atoms with Gasteiger partial charge in [-0.05, 0) is 78.5 Å². The van der Waals surface area contributed by atoms with Crippen LogP contribution < -0.4 is 4.72 Å². The normalized spacial score (nSPS) is 14.7. The number of nitrogens with one attached hydrogen (secondary N) is 1. The van der Waals surface area contributed by atoms with Crippen molar-refractivity contribution in [3.8, 4) is 16.9 Å². The summed E-state index contributed by atoms with van der Waals surface area (Å²) >= 11 is 5.92. The van der Waals surface area contributed by atoms with Gasteiger partial charge in [-0.3, -0.25) is 4.72 Å². The predicted molar refractivity (Wildman–Crippen MR) is 121 cm³/mol. The van der Waals surface area contributed by atoms with E-state index < -0.39 is 10.0 Å². The van der Waals surface area contributed by atoms with Crippen molar-refractivity contribution in [2.75, 3.05) is 24.9 Å². The van der Waals surface area contributed by atoms with Crippen LogP contribution in [0, 0.1) is 0 Å². The molecule has 0 amide bonds. The fraction of sp³-hybridized carbons (Fsp3) is 0.217. The third-order valence-electron chi connectivity index (χ3n) is 5.43. The molecular formula is C23H23ClN2O3S. The third kappa shape index (κ3) is 4.46. The summed E-state index contributed by atoms with van der Waals surface area (Å²) in [4.78, 5) is 2.36. The van der Waals surface area contributed by atoms with E-state index in [2.05, 4.69) is 16.7 Å². The molecule has 0 unspecified atom stereocenters. The Bertz CT molecular complexity index is 1160. The average Bonchev–Trinajstić information content (AvgIpc) is 2.90. The quantitative estimate of drug-likeness (QED) is 0.582. The first-order valence-electron chi connectivity index (χ1n) is 9.74. The number of nitrogens with zero attached hydrogens (tertiary/aromatic N) is 1. The molecule has 4 rings (SSSR count). The standard InChI is InChI=1S/C23H23ClN2O3S/c1-26-12-10-18-14-22(23(27)15-19(18)11-13-26)25-30(28,29)21-8-4-17(5-9-21)16-2-6-20(24)7-3-16/h2-9,14-15,25,27H,10-13H2,1H3. The minimum absolute atomic E-state index is 0.0559. The lowest BCUT2D eigenvalue weighted by atomic mass is 10.0. The van der Waals surface area contributed by atoms with E-state index in [1.807, 2.05) is 12.1 Å². The van der Waals surface area contributed by atoms with Crippen LogP contribution in [0.5, 0.6) is 5.75 Å². The summed E-state index contributed by atoms with van der Waals surface area (Å²) in [6.07, 6.45) is 1.65. The van der Waals surface area contributed by atoms with Crippen LogP contribution >= 0.6 is 11.6 Å². The van der Waals surface area contributed by atoms with E-state index in [9.17, 15) is 13.5 Å². The summed E-state index contributed by atoms with van der Waals surface area (Å²) in [6, 6.07) is 17.4. The fourth-order valence-electron chi connectivity index (χ4n) is 3.63. The number of anilines is 1. The SMILES string of the molecule is CN1CCc2cc(O)c(NS(=O)(=O)c3ccc(-c4ccc(Cl)cc4)cc3)cc2CC1. The number of rotatable bonds is 4. The molecule has 156 valence electrons. The van der Waals surface area contributed by atoms with Gasteiger partial charge in [-0.2, -0.15) is 0 Å². The van der Waals surface area contributed by atoms with Crippen LogP contribution in [-0.2, 0) is 22.9 Å². The molecule has 30 heavy (non-hydrogen) atoms. The summed E-state index contributed by atoms with van der Waals surface area (Å²) in [6.45, 7) is 1.81. The molecule has 0 fully saturated rings. The van der Waals surface area contributed by atoms with Gasteiger partial charge in [-0.25, -0.2) is 8.42 Å². The van der Waals surface area contributed by atoms with E-state index in [4.69, 9.17) is 11.6 Å². The van der Waals surface area contributed by atoms with Gasteiger partial charge in [0.1, 0.15) is 5.75 Å². The predicted octanol–water partition coefficient (Wildman–Crippen LogP) is 4.54. The fourth-order valence-corrected chi connectivity index (χ4v) is 4.82. The lowest BCUT2D eigenvalue weighted by Gasteiger charge is -2.14. The van der Waals surface area contributed by atoms with Crippen molar-refractivity contribution >= 4 is 27.3 Å². The number of hydrogen-bond donors (Lipinski definition) is 2. The van der Waals surface area contributed by atoms with E-state index in [1.165, 1.54) is 0 Å². The van der Waals surface area contributed by atoms with Crippen LogP contribution in [-0.4, -0.2) is 38.6 Å². The molecule has 5 nitrogen and oxygen atoms in total. The Labute approximate surface area is 182 Å². The van der Waals surface area contributed by atoms with Crippen molar-refractivity contribution < 1.29 is 13.5 Å². The van der Waals surface area contributed by atoms with E-state index >= 15 is 0 Å². The number of sulfonamides is 1. The van der Waals surface area contributed by atoms with Gasteiger partial charge >= 0.3 is 0 Å². The first-order valence-corrected chi connectivity index (χ1v) is 11.6. The summed E-state index contributed by atoms with van der Waals surface area (Å²) in [5.41, 5.74) is 4.17. The molecule has 0 saturated heterocycles. The maximum Gasteiger partial charge on any atom is 0.262 e. The Kier molecular flexibility index (Phi) is 5.73. The minimum atomic E-state index is -3.83. The zero-order valence-electron chi connectivity index (χ0n) is 16.6. The molecular weight excluding hydrogens is 420 g/mol. The zero-order valence-corrected chi connectivity index (χ0v) is 18.2. The summed E-state index contributed by atoms with van der Waals surface area (Å²) < 4.78 is 28.3. The average molecular weight is 443 g/mol. The van der Waals surface area contributed by atoms with Crippen molar-refractivity contribution in [3.05, 3.63) is 76.8 Å². The van der Waals surface area contributed by atoms with E-state index in [1.54, 1.807) is 48.5 Å². The van der Waals surface area contributed by atoms with Gasteiger partial charge in [0.25, 0.3) is 10.0 Å². The van der Waals surface area contributed by atoms with Gasteiger partial charge in [-0.15, -0.1) is 0 Å². The molecule has 0 atom stereocenters. The topological polar surface area (TPSA) is 69.6 Å². The molecule has 0 spiro atoms. The van der Waals surface area contributed by atoms with E-state index in [0.29, 0.717) is 5.02 Å². The van der Waals surface area contributed by atoms with Crippen LogP contribution in [0.15, 0.2) is 65.6 Å². The highest BCUT2D eigenvalue weighted by molar-refractivity contribution is 7.92. The molecule has 0 aromatic heterocycles. The van der Waals surface area contributed by atoms with E-state index in [0.717, 1.165) is 48.2 Å². The van der Waals surface area contributed by atoms with E-state index in [-0.39, 0.29) is 16.3 Å². The molecule has 1 aliphatic heterocycles. The van der Waals surface area contributed by atoms with Crippen LogP contribution in [0.2, 0.25) is 5.02 Å². The number of benzene rings is 3. The Balaban J connectivity index is 1.58. The number of likely N-dealkylation sites (N-methyl/N-ethyl adjacent to an activating group) is 1. The largest absolute Gasteiger partial charge is 0.506 e. The maximum absolute atomic E-state index is 12.9. The molecule has 3 aromatic carbocycles. The first-order chi connectivity index (χ1) is 14.3. The maximum atomic E-state index is 12.9. The highest BCUT2D eigenvalue weighted by Crippen LogP contribution is 2.32. The third-order valence-corrected chi connectivity index (χ3v) is 7.06. The minimum Gasteiger partial charge on any atom is -0.506 e.